The Morgan fingerprint density at radius 1 is 1.25 bits per heavy atom. The first-order valence-electron chi connectivity index (χ1n) is 4.22. The summed E-state index contributed by atoms with van der Waals surface area (Å²) in [5.74, 6) is 0. The standard InChI is InChI=1S/C10H19NO/c1-8(11-12)10(5,6)7-9(2,3)4/h1,7H2,2-6H3. The normalized spacial score (nSPS) is 12.8. The highest BCUT2D eigenvalue weighted by molar-refractivity contribution is 5.05. The fraction of sp³-hybridized carbons (Fsp3) is 0.800. The molecule has 0 bridgehead atoms. The zero-order chi connectivity index (χ0) is 9.99. The van der Waals surface area contributed by atoms with Crippen molar-refractivity contribution in [2.45, 2.75) is 41.0 Å². The van der Waals surface area contributed by atoms with Crippen molar-refractivity contribution in [3.05, 3.63) is 17.2 Å². The van der Waals surface area contributed by atoms with Crippen LogP contribution in [0, 0.1) is 15.7 Å². The summed E-state index contributed by atoms with van der Waals surface area (Å²) in [5, 5.41) is 2.90. The molecule has 0 aromatic heterocycles. The van der Waals surface area contributed by atoms with Gasteiger partial charge in [0.25, 0.3) is 0 Å². The lowest BCUT2D eigenvalue weighted by molar-refractivity contribution is 0.248. The first-order chi connectivity index (χ1) is 5.19. The van der Waals surface area contributed by atoms with E-state index in [1.54, 1.807) is 0 Å². The van der Waals surface area contributed by atoms with E-state index >= 15 is 0 Å². The van der Waals surface area contributed by atoms with Gasteiger partial charge in [-0.3, -0.25) is 0 Å². The summed E-state index contributed by atoms with van der Waals surface area (Å²) >= 11 is 0. The van der Waals surface area contributed by atoms with Crippen molar-refractivity contribution in [2.75, 3.05) is 0 Å². The smallest absolute Gasteiger partial charge is 0.0833 e. The lowest BCUT2D eigenvalue weighted by Crippen LogP contribution is -2.21. The summed E-state index contributed by atoms with van der Waals surface area (Å²) in [7, 11) is 0. The van der Waals surface area contributed by atoms with E-state index < -0.39 is 0 Å². The Kier molecular flexibility index (Phi) is 3.19. The van der Waals surface area contributed by atoms with Gasteiger partial charge in [0.15, 0.2) is 0 Å². The van der Waals surface area contributed by atoms with Gasteiger partial charge in [-0.2, -0.15) is 0 Å². The lowest BCUT2D eigenvalue weighted by atomic mass is 9.75. The van der Waals surface area contributed by atoms with Crippen LogP contribution in [0.15, 0.2) is 17.5 Å². The Labute approximate surface area is 75.0 Å². The van der Waals surface area contributed by atoms with Gasteiger partial charge in [-0.15, -0.1) is 4.91 Å². The molecule has 0 radical (unpaired) electrons. The molecule has 0 aliphatic heterocycles. The minimum absolute atomic E-state index is 0.181. The number of rotatable bonds is 3. The summed E-state index contributed by atoms with van der Waals surface area (Å²) in [6.07, 6.45) is 0.921. The third-order valence-electron chi connectivity index (χ3n) is 1.86. The average Bonchev–Trinajstić information content (AvgIpc) is 1.80. The fourth-order valence-electron chi connectivity index (χ4n) is 1.55. The molecule has 0 aromatic rings. The van der Waals surface area contributed by atoms with Crippen LogP contribution in [-0.2, 0) is 0 Å². The van der Waals surface area contributed by atoms with Crippen LogP contribution < -0.4 is 0 Å². The first-order valence-corrected chi connectivity index (χ1v) is 4.22. The van der Waals surface area contributed by atoms with Crippen molar-refractivity contribution >= 4 is 0 Å². The molecular weight excluding hydrogens is 150 g/mol. The average molecular weight is 169 g/mol. The molecule has 0 saturated carbocycles. The number of hydrogen-bond donors (Lipinski definition) is 0. The second kappa shape index (κ2) is 3.38. The quantitative estimate of drug-likeness (QED) is 0.592. The molecular formula is C10H19NO. The van der Waals surface area contributed by atoms with Crippen molar-refractivity contribution in [3.8, 4) is 0 Å². The monoisotopic (exact) mass is 169 g/mol. The second-order valence-electron chi connectivity index (χ2n) is 5.16. The van der Waals surface area contributed by atoms with Crippen LogP contribution >= 0.6 is 0 Å². The minimum Gasteiger partial charge on any atom is -0.145 e. The topological polar surface area (TPSA) is 29.4 Å². The third kappa shape index (κ3) is 3.65. The molecule has 0 atom stereocenters. The van der Waals surface area contributed by atoms with Crippen molar-refractivity contribution in [2.24, 2.45) is 16.0 Å². The maximum absolute atomic E-state index is 10.3. The fourth-order valence-corrected chi connectivity index (χ4v) is 1.55. The Bertz CT molecular complexity index is 187. The Balaban J connectivity index is 4.42. The number of nitrogens with zero attached hydrogens (tertiary/aromatic N) is 1. The van der Waals surface area contributed by atoms with Crippen LogP contribution in [-0.4, -0.2) is 0 Å². The van der Waals surface area contributed by atoms with Crippen molar-refractivity contribution in [1.82, 2.24) is 0 Å². The van der Waals surface area contributed by atoms with E-state index in [1.807, 2.05) is 13.8 Å². The SMILES string of the molecule is C=C(N=O)C(C)(C)CC(C)(C)C. The van der Waals surface area contributed by atoms with E-state index in [2.05, 4.69) is 32.5 Å². The Morgan fingerprint density at radius 2 is 1.67 bits per heavy atom. The van der Waals surface area contributed by atoms with Crippen molar-refractivity contribution < 1.29 is 0 Å². The molecule has 0 rings (SSSR count). The molecule has 0 amide bonds. The van der Waals surface area contributed by atoms with Gasteiger partial charge in [-0.25, -0.2) is 0 Å². The molecule has 0 saturated heterocycles. The van der Waals surface area contributed by atoms with Gasteiger partial charge in [0.05, 0.1) is 5.70 Å². The molecule has 0 fully saturated rings. The molecule has 0 heterocycles. The molecule has 2 heteroatoms. The summed E-state index contributed by atoms with van der Waals surface area (Å²) in [6, 6.07) is 0. The molecule has 0 spiro atoms. The zero-order valence-electron chi connectivity index (χ0n) is 8.77. The molecule has 0 aliphatic carbocycles. The van der Waals surface area contributed by atoms with Gasteiger partial charge in [-0.1, -0.05) is 41.2 Å². The second-order valence-corrected chi connectivity index (χ2v) is 5.16. The van der Waals surface area contributed by atoms with Gasteiger partial charge in [0.1, 0.15) is 0 Å². The van der Waals surface area contributed by atoms with Gasteiger partial charge >= 0.3 is 0 Å². The van der Waals surface area contributed by atoms with Crippen LogP contribution in [0.4, 0.5) is 0 Å². The van der Waals surface area contributed by atoms with Crippen LogP contribution in [0.1, 0.15) is 41.0 Å². The maximum atomic E-state index is 10.3. The van der Waals surface area contributed by atoms with Gasteiger partial charge in [-0.05, 0) is 17.0 Å². The van der Waals surface area contributed by atoms with Gasteiger partial charge < -0.3 is 0 Å². The van der Waals surface area contributed by atoms with E-state index in [1.165, 1.54) is 0 Å². The van der Waals surface area contributed by atoms with E-state index in [9.17, 15) is 4.91 Å². The summed E-state index contributed by atoms with van der Waals surface area (Å²) < 4.78 is 0. The summed E-state index contributed by atoms with van der Waals surface area (Å²) in [4.78, 5) is 10.3. The molecule has 0 aromatic carbocycles. The molecule has 12 heavy (non-hydrogen) atoms. The highest BCUT2D eigenvalue weighted by Gasteiger charge is 2.28. The Hall–Kier alpha value is -0.660. The minimum atomic E-state index is -0.181. The zero-order valence-corrected chi connectivity index (χ0v) is 8.77. The number of nitroso groups, excluding NO2 is 1. The van der Waals surface area contributed by atoms with E-state index in [0.717, 1.165) is 6.42 Å². The lowest BCUT2D eigenvalue weighted by Gasteiger charge is -2.31. The largest absolute Gasteiger partial charge is 0.145 e. The highest BCUT2D eigenvalue weighted by atomic mass is 16.3. The molecule has 0 aliphatic rings. The van der Waals surface area contributed by atoms with Gasteiger partial charge in [0, 0.05) is 5.41 Å². The molecule has 2 nitrogen and oxygen atoms in total. The third-order valence-corrected chi connectivity index (χ3v) is 1.86. The Morgan fingerprint density at radius 3 is 1.92 bits per heavy atom. The van der Waals surface area contributed by atoms with Crippen LogP contribution in [0.2, 0.25) is 0 Å². The number of hydrogen-bond acceptors (Lipinski definition) is 2. The summed E-state index contributed by atoms with van der Waals surface area (Å²) in [5.41, 5.74) is 0.467. The first kappa shape index (κ1) is 11.3. The van der Waals surface area contributed by atoms with E-state index in [-0.39, 0.29) is 10.8 Å². The molecule has 0 unspecified atom stereocenters. The number of allylic oxidation sites excluding steroid dienone is 1. The molecule has 70 valence electrons. The van der Waals surface area contributed by atoms with E-state index in [0.29, 0.717) is 5.70 Å². The van der Waals surface area contributed by atoms with Crippen LogP contribution in [0.5, 0.6) is 0 Å². The van der Waals surface area contributed by atoms with Crippen molar-refractivity contribution in [3.63, 3.8) is 0 Å². The maximum Gasteiger partial charge on any atom is 0.0833 e. The van der Waals surface area contributed by atoms with Crippen molar-refractivity contribution in [1.29, 1.82) is 0 Å². The van der Waals surface area contributed by atoms with Crippen LogP contribution in [0.25, 0.3) is 0 Å². The van der Waals surface area contributed by atoms with E-state index in [4.69, 9.17) is 0 Å². The van der Waals surface area contributed by atoms with Crippen LogP contribution in [0.3, 0.4) is 0 Å². The summed E-state index contributed by atoms with van der Waals surface area (Å²) in [6.45, 7) is 14.1. The highest BCUT2D eigenvalue weighted by Crippen LogP contribution is 2.38. The molecule has 0 N–H and O–H groups in total. The van der Waals surface area contributed by atoms with Gasteiger partial charge in [0.2, 0.25) is 0 Å². The predicted octanol–water partition coefficient (Wildman–Crippen LogP) is 3.73. The predicted molar refractivity (Wildman–Crippen MR) is 52.8 cm³/mol.